The molecular formula is C17H22FNO3. The Morgan fingerprint density at radius 2 is 2.18 bits per heavy atom. The maximum absolute atomic E-state index is 14.4. The van der Waals surface area contributed by atoms with Crippen LogP contribution in [-0.2, 0) is 10.2 Å². The molecule has 1 unspecified atom stereocenters. The number of hydrogen-bond acceptors (Lipinski definition) is 3. The Hall–Kier alpha value is -1.62. The van der Waals surface area contributed by atoms with E-state index in [2.05, 4.69) is 0 Å². The molecule has 0 bridgehead atoms. The fraction of sp³-hybridized carbons (Fsp3) is 0.588. The van der Waals surface area contributed by atoms with Crippen molar-refractivity contribution in [3.63, 3.8) is 0 Å². The third kappa shape index (κ3) is 2.58. The second-order valence-electron chi connectivity index (χ2n) is 6.45. The molecule has 4 nitrogen and oxygen atoms in total. The van der Waals surface area contributed by atoms with E-state index < -0.39 is 17.7 Å². The second-order valence-corrected chi connectivity index (χ2v) is 6.45. The van der Waals surface area contributed by atoms with Crippen LogP contribution >= 0.6 is 0 Å². The van der Waals surface area contributed by atoms with E-state index in [0.29, 0.717) is 19.4 Å². The van der Waals surface area contributed by atoms with Crippen molar-refractivity contribution in [1.82, 2.24) is 4.90 Å². The molecule has 1 amide bonds. The Labute approximate surface area is 129 Å². The third-order valence-electron chi connectivity index (χ3n) is 4.88. The fourth-order valence-corrected chi connectivity index (χ4v) is 3.36. The Balaban J connectivity index is 1.82. The molecule has 22 heavy (non-hydrogen) atoms. The van der Waals surface area contributed by atoms with E-state index in [0.717, 1.165) is 24.2 Å². The molecule has 1 aliphatic carbocycles. The lowest BCUT2D eigenvalue weighted by Crippen LogP contribution is -2.52. The van der Waals surface area contributed by atoms with Crippen molar-refractivity contribution in [1.29, 1.82) is 0 Å². The van der Waals surface area contributed by atoms with Crippen molar-refractivity contribution in [3.8, 4) is 5.75 Å². The first-order valence-electron chi connectivity index (χ1n) is 7.77. The number of methoxy groups -OCH3 is 1. The minimum absolute atomic E-state index is 0.00590. The number of halogens is 1. The number of carbonyl (C=O) groups excluding carboxylic acids is 1. The van der Waals surface area contributed by atoms with Crippen LogP contribution in [0.5, 0.6) is 5.75 Å². The van der Waals surface area contributed by atoms with Crippen molar-refractivity contribution in [3.05, 3.63) is 29.8 Å². The summed E-state index contributed by atoms with van der Waals surface area (Å²) >= 11 is 0. The zero-order valence-corrected chi connectivity index (χ0v) is 12.8. The first-order valence-corrected chi connectivity index (χ1v) is 7.77. The maximum Gasteiger partial charge on any atom is 0.233 e. The molecule has 2 aliphatic rings. The Morgan fingerprint density at radius 3 is 2.82 bits per heavy atom. The van der Waals surface area contributed by atoms with Crippen LogP contribution in [0, 0.1) is 0 Å². The van der Waals surface area contributed by atoms with E-state index in [9.17, 15) is 14.3 Å². The Bertz CT molecular complexity index is 573. The van der Waals surface area contributed by atoms with Crippen LogP contribution in [0.2, 0.25) is 0 Å². The van der Waals surface area contributed by atoms with Crippen LogP contribution in [0.1, 0.15) is 31.2 Å². The number of likely N-dealkylation sites (tertiary alicyclic amines) is 1. The van der Waals surface area contributed by atoms with E-state index in [1.54, 1.807) is 12.0 Å². The molecule has 1 heterocycles. The van der Waals surface area contributed by atoms with Gasteiger partial charge in [0, 0.05) is 6.54 Å². The van der Waals surface area contributed by atoms with Gasteiger partial charge in [-0.1, -0.05) is 12.1 Å². The van der Waals surface area contributed by atoms with Gasteiger partial charge in [0.15, 0.2) is 5.67 Å². The average molecular weight is 307 g/mol. The lowest BCUT2D eigenvalue weighted by atomic mass is 9.90. The highest BCUT2D eigenvalue weighted by Gasteiger charge is 2.54. The van der Waals surface area contributed by atoms with Gasteiger partial charge in [-0.2, -0.15) is 0 Å². The maximum atomic E-state index is 14.4. The van der Waals surface area contributed by atoms with Gasteiger partial charge in [-0.25, -0.2) is 4.39 Å². The van der Waals surface area contributed by atoms with Gasteiger partial charge in [-0.3, -0.25) is 4.79 Å². The number of nitrogens with zero attached hydrogens (tertiary/aromatic N) is 1. The zero-order valence-electron chi connectivity index (χ0n) is 12.8. The monoisotopic (exact) mass is 307 g/mol. The van der Waals surface area contributed by atoms with Crippen molar-refractivity contribution >= 4 is 5.91 Å². The quantitative estimate of drug-likeness (QED) is 0.926. The second kappa shape index (κ2) is 5.54. The number of ether oxygens (including phenoxy) is 1. The van der Waals surface area contributed by atoms with Gasteiger partial charge in [-0.15, -0.1) is 0 Å². The minimum atomic E-state index is -1.65. The lowest BCUT2D eigenvalue weighted by Gasteiger charge is -2.38. The number of benzene rings is 1. The van der Waals surface area contributed by atoms with Gasteiger partial charge < -0.3 is 14.7 Å². The van der Waals surface area contributed by atoms with E-state index in [4.69, 9.17) is 4.74 Å². The SMILES string of the molecule is COc1cccc(C2(C(=O)N3CCCC(F)(CO)C3)CC2)c1. The first kappa shape index (κ1) is 15.3. The standard InChI is InChI=1S/C17H22FNO3/c1-22-14-5-2-4-13(10-14)17(7-8-17)15(21)19-9-3-6-16(18,11-19)12-20/h2,4-5,10,20H,3,6-9,11-12H2,1H3. The van der Waals surface area contributed by atoms with Crippen molar-refractivity contribution in [2.75, 3.05) is 26.8 Å². The topological polar surface area (TPSA) is 49.8 Å². The predicted molar refractivity (Wildman–Crippen MR) is 80.6 cm³/mol. The van der Waals surface area contributed by atoms with Crippen LogP contribution in [0.15, 0.2) is 24.3 Å². The van der Waals surface area contributed by atoms with E-state index in [1.165, 1.54) is 0 Å². The number of aliphatic hydroxyl groups excluding tert-OH is 1. The van der Waals surface area contributed by atoms with Gasteiger partial charge >= 0.3 is 0 Å². The molecule has 1 saturated heterocycles. The van der Waals surface area contributed by atoms with Gasteiger partial charge in [-0.05, 0) is 43.4 Å². The van der Waals surface area contributed by atoms with Crippen LogP contribution in [-0.4, -0.2) is 48.4 Å². The minimum Gasteiger partial charge on any atom is -0.497 e. The summed E-state index contributed by atoms with van der Waals surface area (Å²) in [7, 11) is 1.60. The highest BCUT2D eigenvalue weighted by molar-refractivity contribution is 5.91. The number of rotatable bonds is 4. The summed E-state index contributed by atoms with van der Waals surface area (Å²) in [4.78, 5) is 14.5. The van der Waals surface area contributed by atoms with Crippen LogP contribution in [0.3, 0.4) is 0 Å². The molecule has 1 aromatic carbocycles. The van der Waals surface area contributed by atoms with Crippen LogP contribution in [0.25, 0.3) is 0 Å². The molecule has 0 aromatic heterocycles. The lowest BCUT2D eigenvalue weighted by molar-refractivity contribution is -0.139. The predicted octanol–water partition coefficient (Wildman–Crippen LogP) is 2.05. The first-order chi connectivity index (χ1) is 10.5. The zero-order chi connectivity index (χ0) is 15.8. The number of piperidine rings is 1. The number of hydrogen-bond donors (Lipinski definition) is 1. The summed E-state index contributed by atoms with van der Waals surface area (Å²) < 4.78 is 19.6. The van der Waals surface area contributed by atoms with Gasteiger partial charge in [0.25, 0.3) is 0 Å². The normalized spacial score (nSPS) is 26.6. The van der Waals surface area contributed by atoms with E-state index >= 15 is 0 Å². The molecule has 1 atom stereocenters. The molecule has 1 N–H and O–H groups in total. The molecule has 3 rings (SSSR count). The highest BCUT2D eigenvalue weighted by atomic mass is 19.1. The molecule has 120 valence electrons. The van der Waals surface area contributed by atoms with Crippen LogP contribution in [0.4, 0.5) is 4.39 Å². The smallest absolute Gasteiger partial charge is 0.233 e. The molecule has 2 fully saturated rings. The molecule has 1 saturated carbocycles. The summed E-state index contributed by atoms with van der Waals surface area (Å²) in [5, 5.41) is 9.22. The molecule has 0 spiro atoms. The van der Waals surface area contributed by atoms with Gasteiger partial charge in [0.1, 0.15) is 5.75 Å². The molecule has 1 aliphatic heterocycles. The summed E-state index contributed by atoms with van der Waals surface area (Å²) in [6, 6.07) is 7.56. The van der Waals surface area contributed by atoms with Crippen molar-refractivity contribution in [2.45, 2.75) is 36.8 Å². The Morgan fingerprint density at radius 1 is 1.41 bits per heavy atom. The van der Waals surface area contributed by atoms with E-state index in [1.807, 2.05) is 24.3 Å². The summed E-state index contributed by atoms with van der Waals surface area (Å²) in [5.41, 5.74) is -1.24. The summed E-state index contributed by atoms with van der Waals surface area (Å²) in [6.45, 7) is 0.0349. The largest absolute Gasteiger partial charge is 0.497 e. The molecule has 5 heteroatoms. The van der Waals surface area contributed by atoms with Gasteiger partial charge in [0.2, 0.25) is 5.91 Å². The van der Waals surface area contributed by atoms with E-state index in [-0.39, 0.29) is 12.5 Å². The average Bonchev–Trinajstić information content (AvgIpc) is 3.36. The number of amides is 1. The van der Waals surface area contributed by atoms with Crippen molar-refractivity contribution in [2.24, 2.45) is 0 Å². The van der Waals surface area contributed by atoms with Crippen molar-refractivity contribution < 1.29 is 19.0 Å². The highest BCUT2D eigenvalue weighted by Crippen LogP contribution is 2.50. The summed E-state index contributed by atoms with van der Waals surface area (Å²) in [5.74, 6) is 0.710. The third-order valence-corrected chi connectivity index (χ3v) is 4.88. The molecule has 0 radical (unpaired) electrons. The summed E-state index contributed by atoms with van der Waals surface area (Å²) in [6.07, 6.45) is 2.48. The Kier molecular flexibility index (Phi) is 3.85. The number of alkyl halides is 1. The molecular weight excluding hydrogens is 285 g/mol. The van der Waals surface area contributed by atoms with Gasteiger partial charge in [0.05, 0.1) is 25.7 Å². The number of aliphatic hydroxyl groups is 1. The number of carbonyl (C=O) groups is 1. The fourth-order valence-electron chi connectivity index (χ4n) is 3.36. The molecule has 1 aromatic rings. The van der Waals surface area contributed by atoms with Crippen LogP contribution < -0.4 is 4.74 Å².